The Balaban J connectivity index is 2.46. The molecule has 0 aromatic rings. The van der Waals surface area contributed by atoms with Crippen LogP contribution in [-0.4, -0.2) is 21.2 Å². The molecule has 0 fully saturated rings. The van der Waals surface area contributed by atoms with Gasteiger partial charge in [-0.15, -0.1) is 0 Å². The minimum atomic E-state index is -1.01. The second-order valence-corrected chi connectivity index (χ2v) is 9.98. The molecule has 2 heteroatoms. The van der Waals surface area contributed by atoms with Crippen LogP contribution in [0.3, 0.4) is 0 Å². The zero-order chi connectivity index (χ0) is 10.4. The van der Waals surface area contributed by atoms with Gasteiger partial charge in [0, 0.05) is 6.54 Å². The lowest BCUT2D eigenvalue weighted by atomic mass is 10.0. The van der Waals surface area contributed by atoms with Crippen LogP contribution in [-0.2, 0) is 0 Å². The summed E-state index contributed by atoms with van der Waals surface area (Å²) in [5.41, 5.74) is 2.51. The van der Waals surface area contributed by atoms with E-state index in [4.69, 9.17) is 0 Å². The second-order valence-electron chi connectivity index (χ2n) is 5.26. The van der Waals surface area contributed by atoms with Crippen LogP contribution in [0, 0.1) is 5.92 Å². The Kier molecular flexibility index (Phi) is 4.89. The minimum absolute atomic E-state index is 0.932. The van der Waals surface area contributed by atoms with Gasteiger partial charge in [0.25, 0.3) is 0 Å². The van der Waals surface area contributed by atoms with Crippen LogP contribution in [0.15, 0.2) is 11.8 Å². The van der Waals surface area contributed by atoms with E-state index in [9.17, 15) is 0 Å². The van der Waals surface area contributed by atoms with Gasteiger partial charge in [-0.1, -0.05) is 50.7 Å². The number of nitrogens with one attached hydrogen (secondary N) is 1. The van der Waals surface area contributed by atoms with Crippen molar-refractivity contribution in [1.29, 1.82) is 0 Å². The van der Waals surface area contributed by atoms with E-state index < -0.39 is 8.07 Å². The fraction of sp³-hybridized carbons (Fsp3) is 0.833. The molecular formula is C12H25NSi. The molecule has 1 aliphatic rings. The molecule has 14 heavy (non-hydrogen) atoms. The SMILES string of the molecule is CCCCC1CNC/C=C\[Si](C)(C)C1. The molecule has 0 aromatic carbocycles. The molecule has 1 heterocycles. The first-order valence-electron chi connectivity index (χ1n) is 6.02. The molecule has 0 bridgehead atoms. The van der Waals surface area contributed by atoms with Gasteiger partial charge in [0.05, 0.1) is 8.07 Å². The van der Waals surface area contributed by atoms with E-state index in [2.05, 4.69) is 37.1 Å². The van der Waals surface area contributed by atoms with Crippen LogP contribution in [0.2, 0.25) is 19.1 Å². The summed E-state index contributed by atoms with van der Waals surface area (Å²) in [5, 5.41) is 3.52. The number of hydrogen-bond acceptors (Lipinski definition) is 1. The van der Waals surface area contributed by atoms with E-state index in [0.29, 0.717) is 0 Å². The standard InChI is InChI=1S/C12H25NSi/c1-4-5-7-12-10-13-8-6-9-14(2,3)11-12/h6,9,12-13H,4-5,7-8,10-11H2,1-3H3/b9-6-. The Morgan fingerprint density at radius 2 is 2.21 bits per heavy atom. The molecule has 0 amide bonds. The van der Waals surface area contributed by atoms with Crippen LogP contribution in [0.5, 0.6) is 0 Å². The Bertz CT molecular complexity index is 187. The van der Waals surface area contributed by atoms with Crippen molar-refractivity contribution in [3.8, 4) is 0 Å². The maximum absolute atomic E-state index is 3.52. The Morgan fingerprint density at radius 3 is 2.93 bits per heavy atom. The maximum atomic E-state index is 3.52. The van der Waals surface area contributed by atoms with E-state index in [1.54, 1.807) is 0 Å². The first kappa shape index (κ1) is 12.0. The lowest BCUT2D eigenvalue weighted by Gasteiger charge is -2.27. The van der Waals surface area contributed by atoms with Crippen molar-refractivity contribution in [3.05, 3.63) is 11.8 Å². The van der Waals surface area contributed by atoms with Gasteiger partial charge in [-0.05, 0) is 18.9 Å². The predicted octanol–water partition coefficient (Wildman–Crippen LogP) is 3.20. The van der Waals surface area contributed by atoms with E-state index in [1.807, 2.05) is 0 Å². The topological polar surface area (TPSA) is 12.0 Å². The Labute approximate surface area is 90.0 Å². The highest BCUT2D eigenvalue weighted by molar-refractivity contribution is 6.82. The second kappa shape index (κ2) is 5.71. The molecule has 82 valence electrons. The molecule has 1 rings (SSSR count). The van der Waals surface area contributed by atoms with E-state index >= 15 is 0 Å². The van der Waals surface area contributed by atoms with Crippen LogP contribution < -0.4 is 5.32 Å². The first-order chi connectivity index (χ1) is 6.64. The highest BCUT2D eigenvalue weighted by Crippen LogP contribution is 2.23. The predicted molar refractivity (Wildman–Crippen MR) is 67.3 cm³/mol. The van der Waals surface area contributed by atoms with Crippen LogP contribution in [0.1, 0.15) is 26.2 Å². The lowest BCUT2D eigenvalue weighted by molar-refractivity contribution is 0.469. The summed E-state index contributed by atoms with van der Waals surface area (Å²) < 4.78 is 0. The summed E-state index contributed by atoms with van der Waals surface area (Å²) in [4.78, 5) is 0. The van der Waals surface area contributed by atoms with Crippen molar-refractivity contribution in [2.24, 2.45) is 5.92 Å². The normalized spacial score (nSPS) is 29.2. The molecule has 0 aliphatic carbocycles. The van der Waals surface area contributed by atoms with Gasteiger partial charge < -0.3 is 5.32 Å². The van der Waals surface area contributed by atoms with Crippen molar-refractivity contribution in [3.63, 3.8) is 0 Å². The summed E-state index contributed by atoms with van der Waals surface area (Å²) in [7, 11) is -1.01. The molecule has 0 saturated heterocycles. The van der Waals surface area contributed by atoms with Gasteiger partial charge >= 0.3 is 0 Å². The van der Waals surface area contributed by atoms with Gasteiger partial charge in [-0.3, -0.25) is 0 Å². The fourth-order valence-corrected chi connectivity index (χ4v) is 5.06. The van der Waals surface area contributed by atoms with Crippen LogP contribution in [0.4, 0.5) is 0 Å². The van der Waals surface area contributed by atoms with Crippen molar-refractivity contribution >= 4 is 8.07 Å². The molecule has 1 nitrogen and oxygen atoms in total. The average molecular weight is 211 g/mol. The zero-order valence-corrected chi connectivity index (χ0v) is 11.0. The van der Waals surface area contributed by atoms with Gasteiger partial charge in [0.1, 0.15) is 0 Å². The van der Waals surface area contributed by atoms with Gasteiger partial charge in [0.15, 0.2) is 0 Å². The summed E-state index contributed by atoms with van der Waals surface area (Å²) in [5.74, 6) is 0.932. The molecule has 0 spiro atoms. The molecule has 1 aliphatic heterocycles. The quantitative estimate of drug-likeness (QED) is 0.707. The summed E-state index contributed by atoms with van der Waals surface area (Å²) in [6, 6.07) is 1.47. The summed E-state index contributed by atoms with van der Waals surface area (Å²) >= 11 is 0. The molecule has 1 unspecified atom stereocenters. The number of rotatable bonds is 3. The Hall–Kier alpha value is -0.0831. The third kappa shape index (κ3) is 4.42. The fourth-order valence-electron chi connectivity index (χ4n) is 2.33. The molecule has 0 saturated carbocycles. The van der Waals surface area contributed by atoms with Crippen molar-refractivity contribution in [2.45, 2.75) is 45.3 Å². The summed E-state index contributed by atoms with van der Waals surface area (Å²) in [6.45, 7) is 9.60. The van der Waals surface area contributed by atoms with E-state index in [0.717, 1.165) is 12.5 Å². The first-order valence-corrected chi connectivity index (χ1v) is 9.31. The minimum Gasteiger partial charge on any atom is -0.313 e. The lowest BCUT2D eigenvalue weighted by Crippen LogP contribution is -2.34. The Morgan fingerprint density at radius 1 is 1.43 bits per heavy atom. The highest BCUT2D eigenvalue weighted by atomic mass is 28.3. The molecule has 0 radical (unpaired) electrons. The van der Waals surface area contributed by atoms with Gasteiger partial charge in [0.2, 0.25) is 0 Å². The largest absolute Gasteiger partial charge is 0.313 e. The van der Waals surface area contributed by atoms with E-state index in [1.165, 1.54) is 31.9 Å². The van der Waals surface area contributed by atoms with Crippen molar-refractivity contribution in [2.75, 3.05) is 13.1 Å². The molecule has 1 atom stereocenters. The van der Waals surface area contributed by atoms with Crippen molar-refractivity contribution < 1.29 is 0 Å². The smallest absolute Gasteiger partial charge is 0.0717 e. The van der Waals surface area contributed by atoms with Crippen LogP contribution in [0.25, 0.3) is 0 Å². The van der Waals surface area contributed by atoms with E-state index in [-0.39, 0.29) is 0 Å². The van der Waals surface area contributed by atoms with Crippen LogP contribution >= 0.6 is 0 Å². The monoisotopic (exact) mass is 211 g/mol. The summed E-state index contributed by atoms with van der Waals surface area (Å²) in [6.07, 6.45) is 6.50. The highest BCUT2D eigenvalue weighted by Gasteiger charge is 2.23. The average Bonchev–Trinajstić information content (AvgIpc) is 2.09. The molecule has 1 N–H and O–H groups in total. The zero-order valence-electron chi connectivity index (χ0n) is 9.97. The number of unbranched alkanes of at least 4 members (excludes halogenated alkanes) is 1. The molecule has 0 aromatic heterocycles. The third-order valence-corrected chi connectivity index (χ3v) is 5.81. The van der Waals surface area contributed by atoms with Gasteiger partial charge in [-0.2, -0.15) is 0 Å². The van der Waals surface area contributed by atoms with Crippen molar-refractivity contribution in [1.82, 2.24) is 5.32 Å². The maximum Gasteiger partial charge on any atom is 0.0717 e. The third-order valence-electron chi connectivity index (χ3n) is 3.04. The number of hydrogen-bond donors (Lipinski definition) is 1. The van der Waals surface area contributed by atoms with Gasteiger partial charge in [-0.25, -0.2) is 0 Å². The molecular weight excluding hydrogens is 186 g/mol.